The lowest BCUT2D eigenvalue weighted by atomic mass is 9.98. The Balaban J connectivity index is 2.11. The minimum absolute atomic E-state index is 0.225. The molecule has 104 valence electrons. The van der Waals surface area contributed by atoms with Crippen molar-refractivity contribution in [2.45, 2.75) is 45.6 Å². The van der Waals surface area contributed by atoms with E-state index in [0.29, 0.717) is 23.5 Å². The summed E-state index contributed by atoms with van der Waals surface area (Å²) in [6.45, 7) is 7.44. The molecule has 0 aliphatic rings. The van der Waals surface area contributed by atoms with Crippen molar-refractivity contribution in [3.8, 4) is 11.6 Å². The second kappa shape index (κ2) is 6.52. The summed E-state index contributed by atoms with van der Waals surface area (Å²) >= 11 is 0. The second-order valence-corrected chi connectivity index (χ2v) is 4.69. The fourth-order valence-electron chi connectivity index (χ4n) is 2.15. The van der Waals surface area contributed by atoms with Crippen molar-refractivity contribution in [1.29, 1.82) is 0 Å². The maximum atomic E-state index is 5.38. The maximum absolute atomic E-state index is 5.38. The van der Waals surface area contributed by atoms with Crippen molar-refractivity contribution in [3.05, 3.63) is 24.3 Å². The molecule has 0 fully saturated rings. The molecule has 2 aromatic rings. The van der Waals surface area contributed by atoms with E-state index in [1.54, 1.807) is 6.26 Å². The largest absolute Gasteiger partial charge is 0.461 e. The molecule has 2 atom stereocenters. The van der Waals surface area contributed by atoms with Crippen LogP contribution in [0.25, 0.3) is 11.6 Å². The highest BCUT2D eigenvalue weighted by atomic mass is 16.5. The molecular weight excluding hydrogens is 242 g/mol. The molecule has 5 heteroatoms. The van der Waals surface area contributed by atoms with Crippen LogP contribution in [0.4, 0.5) is 0 Å². The highest BCUT2D eigenvalue weighted by Gasteiger charge is 2.24. The molecule has 0 saturated carbocycles. The zero-order chi connectivity index (χ0) is 13.7. The first kappa shape index (κ1) is 13.8. The van der Waals surface area contributed by atoms with Crippen LogP contribution in [0, 0.1) is 0 Å². The van der Waals surface area contributed by atoms with E-state index in [0.717, 1.165) is 19.4 Å². The van der Waals surface area contributed by atoms with Gasteiger partial charge in [0.05, 0.1) is 12.2 Å². The van der Waals surface area contributed by atoms with Crippen molar-refractivity contribution in [3.63, 3.8) is 0 Å². The van der Waals surface area contributed by atoms with Crippen LogP contribution in [-0.4, -0.2) is 22.7 Å². The van der Waals surface area contributed by atoms with E-state index < -0.39 is 0 Å². The summed E-state index contributed by atoms with van der Waals surface area (Å²) in [5.41, 5.74) is 0. The third-order valence-corrected chi connectivity index (χ3v) is 3.26. The van der Waals surface area contributed by atoms with E-state index >= 15 is 0 Å². The van der Waals surface area contributed by atoms with Crippen LogP contribution in [-0.2, 0) is 0 Å². The standard InChI is InChI=1S/C14H21N3O2/c1-4-8-15-10(3)11(5-2)14-16-13(17-19-14)12-7-6-9-18-12/h6-7,9-11,15H,4-5,8H2,1-3H3. The van der Waals surface area contributed by atoms with Crippen molar-refractivity contribution in [2.24, 2.45) is 0 Å². The lowest BCUT2D eigenvalue weighted by Crippen LogP contribution is -2.32. The van der Waals surface area contributed by atoms with Gasteiger partial charge < -0.3 is 14.3 Å². The van der Waals surface area contributed by atoms with Crippen molar-refractivity contribution >= 4 is 0 Å². The lowest BCUT2D eigenvalue weighted by Gasteiger charge is -2.20. The van der Waals surface area contributed by atoms with Crippen LogP contribution in [0.3, 0.4) is 0 Å². The minimum Gasteiger partial charge on any atom is -0.461 e. The average molecular weight is 263 g/mol. The summed E-state index contributed by atoms with van der Waals surface area (Å²) in [6, 6.07) is 3.96. The average Bonchev–Trinajstić information content (AvgIpc) is 3.07. The molecule has 19 heavy (non-hydrogen) atoms. The number of hydrogen-bond donors (Lipinski definition) is 1. The molecule has 0 saturated heterocycles. The monoisotopic (exact) mass is 263 g/mol. The van der Waals surface area contributed by atoms with Crippen LogP contribution >= 0.6 is 0 Å². The van der Waals surface area contributed by atoms with E-state index in [1.807, 2.05) is 12.1 Å². The third-order valence-electron chi connectivity index (χ3n) is 3.26. The summed E-state index contributed by atoms with van der Waals surface area (Å²) in [7, 11) is 0. The van der Waals surface area contributed by atoms with Crippen LogP contribution in [0.5, 0.6) is 0 Å². The van der Waals surface area contributed by atoms with E-state index in [4.69, 9.17) is 8.94 Å². The van der Waals surface area contributed by atoms with Gasteiger partial charge in [0.15, 0.2) is 5.76 Å². The Morgan fingerprint density at radius 1 is 1.37 bits per heavy atom. The Kier molecular flexibility index (Phi) is 4.74. The summed E-state index contributed by atoms with van der Waals surface area (Å²) in [6.07, 6.45) is 3.67. The Bertz CT molecular complexity index is 479. The highest BCUT2D eigenvalue weighted by molar-refractivity contribution is 5.44. The van der Waals surface area contributed by atoms with Crippen molar-refractivity contribution < 1.29 is 8.94 Å². The Hall–Kier alpha value is -1.62. The molecule has 0 aliphatic heterocycles. The second-order valence-electron chi connectivity index (χ2n) is 4.69. The van der Waals surface area contributed by atoms with Crippen molar-refractivity contribution in [2.75, 3.05) is 6.54 Å². The summed E-state index contributed by atoms with van der Waals surface area (Å²) in [5, 5.41) is 7.46. The Morgan fingerprint density at radius 3 is 2.84 bits per heavy atom. The number of hydrogen-bond acceptors (Lipinski definition) is 5. The number of aromatic nitrogens is 2. The van der Waals surface area contributed by atoms with Crippen molar-refractivity contribution in [1.82, 2.24) is 15.5 Å². The zero-order valence-corrected chi connectivity index (χ0v) is 11.7. The molecule has 2 unspecified atom stereocenters. The van der Waals surface area contributed by atoms with Crippen LogP contribution < -0.4 is 5.32 Å². The molecule has 1 N–H and O–H groups in total. The predicted molar refractivity (Wildman–Crippen MR) is 72.8 cm³/mol. The summed E-state index contributed by atoms with van der Waals surface area (Å²) in [5.74, 6) is 2.05. The molecule has 0 radical (unpaired) electrons. The fraction of sp³-hybridized carbons (Fsp3) is 0.571. The zero-order valence-electron chi connectivity index (χ0n) is 11.7. The molecule has 0 aliphatic carbocycles. The lowest BCUT2D eigenvalue weighted by molar-refractivity contribution is 0.316. The first-order chi connectivity index (χ1) is 9.26. The fourth-order valence-corrected chi connectivity index (χ4v) is 2.15. The molecule has 0 amide bonds. The molecular formula is C14H21N3O2. The molecule has 2 rings (SSSR count). The van der Waals surface area contributed by atoms with Crippen LogP contribution in [0.1, 0.15) is 45.4 Å². The van der Waals surface area contributed by atoms with Gasteiger partial charge in [0.2, 0.25) is 11.7 Å². The van der Waals surface area contributed by atoms with Gasteiger partial charge in [-0.1, -0.05) is 19.0 Å². The molecule has 2 aromatic heterocycles. The topological polar surface area (TPSA) is 64.1 Å². The van der Waals surface area contributed by atoms with Crippen LogP contribution in [0.15, 0.2) is 27.3 Å². The number of rotatable bonds is 7. The third kappa shape index (κ3) is 3.23. The van der Waals surface area contributed by atoms with Crippen LogP contribution in [0.2, 0.25) is 0 Å². The van der Waals surface area contributed by atoms with Gasteiger partial charge in [0, 0.05) is 6.04 Å². The summed E-state index contributed by atoms with van der Waals surface area (Å²) in [4.78, 5) is 4.44. The first-order valence-corrected chi connectivity index (χ1v) is 6.87. The number of furan rings is 1. The number of nitrogens with zero attached hydrogens (tertiary/aromatic N) is 2. The minimum atomic E-state index is 0.225. The van der Waals surface area contributed by atoms with Gasteiger partial charge in [0.25, 0.3) is 0 Å². The number of nitrogens with one attached hydrogen (secondary N) is 1. The smallest absolute Gasteiger partial charge is 0.238 e. The SMILES string of the molecule is CCCNC(C)C(CC)c1nc(-c2ccco2)no1. The van der Waals surface area contributed by atoms with Gasteiger partial charge in [-0.2, -0.15) is 4.98 Å². The highest BCUT2D eigenvalue weighted by Crippen LogP contribution is 2.24. The molecule has 2 heterocycles. The Morgan fingerprint density at radius 2 is 2.21 bits per heavy atom. The van der Waals surface area contributed by atoms with E-state index in [1.165, 1.54) is 0 Å². The predicted octanol–water partition coefficient (Wildman–Crippen LogP) is 3.21. The normalized spacial score (nSPS) is 14.5. The first-order valence-electron chi connectivity index (χ1n) is 6.87. The van der Waals surface area contributed by atoms with Gasteiger partial charge in [0.1, 0.15) is 0 Å². The molecule has 0 bridgehead atoms. The molecule has 5 nitrogen and oxygen atoms in total. The van der Waals surface area contributed by atoms with E-state index in [-0.39, 0.29) is 5.92 Å². The molecule has 0 aromatic carbocycles. The van der Waals surface area contributed by atoms with Gasteiger partial charge in [-0.05, 0) is 38.4 Å². The van der Waals surface area contributed by atoms with E-state index in [9.17, 15) is 0 Å². The van der Waals surface area contributed by atoms with E-state index in [2.05, 4.69) is 36.2 Å². The summed E-state index contributed by atoms with van der Waals surface area (Å²) < 4.78 is 10.7. The quantitative estimate of drug-likeness (QED) is 0.831. The maximum Gasteiger partial charge on any atom is 0.238 e. The van der Waals surface area contributed by atoms with Gasteiger partial charge in [-0.3, -0.25) is 0 Å². The van der Waals surface area contributed by atoms with Gasteiger partial charge in [-0.25, -0.2) is 0 Å². The van der Waals surface area contributed by atoms with Gasteiger partial charge in [-0.15, -0.1) is 0 Å². The van der Waals surface area contributed by atoms with Gasteiger partial charge >= 0.3 is 0 Å². The Labute approximate surface area is 113 Å². The molecule has 0 spiro atoms.